The maximum atomic E-state index is 2.18. The molecule has 0 radical (unpaired) electrons. The van der Waals surface area contributed by atoms with Gasteiger partial charge in [-0.05, 0) is 0 Å². The van der Waals surface area contributed by atoms with Gasteiger partial charge >= 0.3 is 48.9 Å². The van der Waals surface area contributed by atoms with Gasteiger partial charge < -0.3 is 0 Å². The van der Waals surface area contributed by atoms with Crippen LogP contribution in [0.1, 0.15) is 26.7 Å². The molecule has 0 saturated heterocycles. The minimum absolute atomic E-state index is 0. The van der Waals surface area contributed by atoms with Crippen LogP contribution in [0.25, 0.3) is 0 Å². The van der Waals surface area contributed by atoms with Crippen LogP contribution in [0.15, 0.2) is 0 Å². The first-order chi connectivity index (χ1) is 1.91. The molecule has 0 N–H and O–H groups in total. The molecule has 0 nitrogen and oxygen atoms in total. The first-order valence-electron chi connectivity index (χ1n) is 1.91. The summed E-state index contributed by atoms with van der Waals surface area (Å²) in [5, 5.41) is 0. The third kappa shape index (κ3) is 17.8. The summed E-state index contributed by atoms with van der Waals surface area (Å²) in [6, 6.07) is 0. The second-order valence-electron chi connectivity index (χ2n) is 1.000. The van der Waals surface area contributed by atoms with Crippen LogP contribution >= 0.6 is 0 Å². The van der Waals surface area contributed by atoms with Crippen LogP contribution in [0, 0.1) is 0 Å². The Balaban J connectivity index is -0.0000000450. The van der Waals surface area contributed by atoms with Gasteiger partial charge in [0.25, 0.3) is 0 Å². The van der Waals surface area contributed by atoms with Crippen molar-refractivity contribution in [2.45, 2.75) is 26.7 Å². The molecule has 0 unspecified atom stereocenters. The van der Waals surface area contributed by atoms with Crippen molar-refractivity contribution in [2.24, 2.45) is 0 Å². The predicted molar refractivity (Wildman–Crippen MR) is 31.6 cm³/mol. The first-order valence-corrected chi connectivity index (χ1v) is 1.91. The number of hydrogen-bond donors (Lipinski definition) is 0. The first kappa shape index (κ1) is 15.6. The third-order valence-corrected chi connectivity index (χ3v) is 0.500. The topological polar surface area (TPSA) is 0 Å². The van der Waals surface area contributed by atoms with E-state index in [4.69, 9.17) is 0 Å². The summed E-state index contributed by atoms with van der Waals surface area (Å²) in [6.07, 6.45) is 2.64. The van der Waals surface area contributed by atoms with E-state index in [9.17, 15) is 0 Å². The Hall–Kier alpha value is 1.50. The fourth-order valence-corrected chi connectivity index (χ4v) is 0. The van der Waals surface area contributed by atoms with E-state index in [0.717, 1.165) is 0 Å². The van der Waals surface area contributed by atoms with Crippen molar-refractivity contribution in [1.29, 1.82) is 0 Å². The quantitative estimate of drug-likeness (QED) is 0.576. The molecular weight excluding hydrogens is 204 g/mol. The zero-order chi connectivity index (χ0) is 3.41. The molecule has 0 aromatic rings. The molecule has 38 valence electrons. The van der Waals surface area contributed by atoms with Crippen LogP contribution in [0.3, 0.4) is 0 Å². The molecule has 0 rings (SSSR count). The van der Waals surface area contributed by atoms with Gasteiger partial charge in [-0.15, -0.1) is 0 Å². The van der Waals surface area contributed by atoms with Gasteiger partial charge in [-0.25, -0.2) is 0 Å². The Morgan fingerprint density at radius 2 is 1.17 bits per heavy atom. The second kappa shape index (κ2) is 16.0. The molecule has 0 bridgehead atoms. The van der Waals surface area contributed by atoms with E-state index in [1.807, 2.05) is 0 Å². The van der Waals surface area contributed by atoms with Gasteiger partial charge in [0.1, 0.15) is 0 Å². The van der Waals surface area contributed by atoms with Crippen molar-refractivity contribution in [3.8, 4) is 0 Å². The van der Waals surface area contributed by atoms with Crippen molar-refractivity contribution >= 4 is 48.9 Å². The van der Waals surface area contributed by atoms with Crippen molar-refractivity contribution in [1.82, 2.24) is 0 Å². The summed E-state index contributed by atoms with van der Waals surface area (Å²) < 4.78 is 0. The molecule has 0 spiro atoms. The van der Waals surface area contributed by atoms with Crippen LogP contribution in [0.5, 0.6) is 0 Å². The molecule has 0 atom stereocenters. The molecule has 6 heavy (non-hydrogen) atoms. The summed E-state index contributed by atoms with van der Waals surface area (Å²) >= 11 is 0. The summed E-state index contributed by atoms with van der Waals surface area (Å²) in [4.78, 5) is 0. The average molecular weight is 217 g/mol. The molecule has 0 aliphatic heterocycles. The molecule has 0 saturated carbocycles. The molecule has 0 aromatic heterocycles. The van der Waals surface area contributed by atoms with Crippen LogP contribution < -0.4 is 0 Å². The number of rotatable bonds is 1. The zero-order valence-corrected chi connectivity index (χ0v) is 3.82. The third-order valence-electron chi connectivity index (χ3n) is 0.500. The predicted octanol–water partition coefficient (Wildman–Crippen LogP) is 1.04. The summed E-state index contributed by atoms with van der Waals surface area (Å²) in [5.74, 6) is 0. The molecule has 0 amide bonds. The molecule has 0 aliphatic carbocycles. The molecule has 2 heteroatoms. The molecule has 0 fully saturated rings. The van der Waals surface area contributed by atoms with Gasteiger partial charge in [0.15, 0.2) is 0 Å². The van der Waals surface area contributed by atoms with Gasteiger partial charge in [0, 0.05) is 0 Å². The Morgan fingerprint density at radius 1 is 1.00 bits per heavy atom. The van der Waals surface area contributed by atoms with Crippen molar-refractivity contribution in [2.75, 3.05) is 0 Å². The molecule has 0 heterocycles. The van der Waals surface area contributed by atoms with Gasteiger partial charge in [-0.1, -0.05) is 26.7 Å². The van der Waals surface area contributed by atoms with E-state index >= 15 is 0 Å². The Morgan fingerprint density at radius 3 is 1.17 bits per heavy atom. The molecule has 0 aromatic carbocycles. The normalized spacial score (nSPS) is 5.00. The fraction of sp³-hybridized carbons (Fsp3) is 1.00. The van der Waals surface area contributed by atoms with Crippen LogP contribution in [-0.2, 0) is 0 Å². The van der Waals surface area contributed by atoms with Gasteiger partial charge in [0.2, 0.25) is 0 Å². The maximum absolute atomic E-state index is 2.18. The fourth-order valence-electron chi connectivity index (χ4n) is 0. The van der Waals surface area contributed by atoms with Gasteiger partial charge in [-0.3, -0.25) is 4.70 Å². The number of hydrogen-bond acceptors (Lipinski definition) is 0. The Labute approximate surface area is 79.1 Å². The summed E-state index contributed by atoms with van der Waals surface area (Å²) in [6.45, 7) is 4.36. The van der Waals surface area contributed by atoms with E-state index in [-0.39, 0.29) is 53.6 Å². The monoisotopic (exact) mass is 218 g/mol. The van der Waals surface area contributed by atoms with Gasteiger partial charge in [0.05, 0.1) is 0 Å². The number of unbranched alkanes of at least 4 members (excludes halogenated alkanes) is 1. The summed E-state index contributed by atoms with van der Waals surface area (Å²) in [7, 11) is 0. The van der Waals surface area contributed by atoms with E-state index in [2.05, 4.69) is 13.8 Å². The van der Waals surface area contributed by atoms with E-state index in [0.29, 0.717) is 0 Å². The van der Waals surface area contributed by atoms with E-state index in [1.165, 1.54) is 12.8 Å². The van der Waals surface area contributed by atoms with Crippen LogP contribution in [-0.4, -0.2) is 48.9 Å². The molecular formula is C4H13BaF. The number of halogens is 1. The minimum atomic E-state index is 0. The van der Waals surface area contributed by atoms with Crippen molar-refractivity contribution in [3.05, 3.63) is 0 Å². The second-order valence-corrected chi connectivity index (χ2v) is 1.000. The summed E-state index contributed by atoms with van der Waals surface area (Å²) in [5.41, 5.74) is 0. The Bertz CT molecular complexity index is 9.51. The standard InChI is InChI=1S/C4H10.Ba.FH.2H/c1-3-4-2;;;;/h3-4H2,1-2H3;;1H;;. The van der Waals surface area contributed by atoms with Crippen LogP contribution in [0.4, 0.5) is 4.70 Å². The van der Waals surface area contributed by atoms with Gasteiger partial charge in [-0.2, -0.15) is 0 Å². The average Bonchev–Trinajstić information content (AvgIpc) is 1.37. The van der Waals surface area contributed by atoms with Crippen molar-refractivity contribution < 1.29 is 4.70 Å². The van der Waals surface area contributed by atoms with Crippen LogP contribution in [0.2, 0.25) is 0 Å². The van der Waals surface area contributed by atoms with E-state index < -0.39 is 0 Å². The zero-order valence-electron chi connectivity index (χ0n) is 3.82. The Kier molecular flexibility index (Phi) is 41.9. The van der Waals surface area contributed by atoms with Crippen molar-refractivity contribution in [3.63, 3.8) is 0 Å². The van der Waals surface area contributed by atoms with E-state index in [1.54, 1.807) is 0 Å². The SMILES string of the molecule is CCCC.F.[BaH2]. The molecule has 0 aliphatic rings.